The molecule has 0 unspecified atom stereocenters. The van der Waals surface area contributed by atoms with Crippen molar-refractivity contribution in [3.05, 3.63) is 228 Å². The average molecular weight is 776 g/mol. The predicted octanol–water partition coefficient (Wildman–Crippen LogP) is 14.2. The fraction of sp³-hybridized carbons (Fsp3) is 0.0175. The maximum absolute atomic E-state index is 9.63. The quantitative estimate of drug-likeness (QED) is 0.168. The van der Waals surface area contributed by atoms with Gasteiger partial charge in [0.2, 0.25) is 0 Å². The molecule has 2 aliphatic rings. The van der Waals surface area contributed by atoms with Crippen molar-refractivity contribution in [1.29, 1.82) is 5.26 Å². The topological polar surface area (TPSA) is 50.8 Å². The lowest BCUT2D eigenvalue weighted by Crippen LogP contribution is -2.32. The van der Waals surface area contributed by atoms with Gasteiger partial charge in [0.1, 0.15) is 11.5 Å². The summed E-state index contributed by atoms with van der Waals surface area (Å²) < 4.78 is 9.24. The Hall–Kier alpha value is -8.26. The number of hydrogen-bond acceptors (Lipinski definition) is 3. The second-order valence-corrected chi connectivity index (χ2v) is 16.1. The van der Waals surface area contributed by atoms with Crippen LogP contribution >= 0.6 is 0 Å². The molecular formula is C57H33N3O. The van der Waals surface area contributed by atoms with Gasteiger partial charge in [-0.25, -0.2) is 4.98 Å². The van der Waals surface area contributed by atoms with Gasteiger partial charge in [0.05, 0.1) is 39.3 Å². The van der Waals surface area contributed by atoms with Crippen LogP contribution in [0, 0.1) is 11.3 Å². The minimum atomic E-state index is -0.555. The third kappa shape index (κ3) is 4.66. The number of aromatic nitrogens is 2. The van der Waals surface area contributed by atoms with Crippen LogP contribution in [0.4, 0.5) is 0 Å². The fourth-order valence-corrected chi connectivity index (χ4v) is 10.5. The van der Waals surface area contributed by atoms with E-state index in [-0.39, 0.29) is 0 Å². The molecule has 0 radical (unpaired) electrons. The van der Waals surface area contributed by atoms with Gasteiger partial charge in [0.15, 0.2) is 0 Å². The van der Waals surface area contributed by atoms with Crippen LogP contribution in [0.5, 0.6) is 11.5 Å². The van der Waals surface area contributed by atoms with E-state index >= 15 is 0 Å². The molecule has 61 heavy (non-hydrogen) atoms. The summed E-state index contributed by atoms with van der Waals surface area (Å²) in [4.78, 5) is 5.40. The van der Waals surface area contributed by atoms with Gasteiger partial charge in [0, 0.05) is 43.9 Å². The highest BCUT2D eigenvalue weighted by atomic mass is 16.5. The summed E-state index contributed by atoms with van der Waals surface area (Å²) in [5.41, 5.74) is 15.8. The van der Waals surface area contributed by atoms with Gasteiger partial charge >= 0.3 is 0 Å². The van der Waals surface area contributed by atoms with Crippen LogP contribution in [-0.4, -0.2) is 9.55 Å². The van der Waals surface area contributed by atoms with Gasteiger partial charge in [-0.05, 0) is 105 Å². The molecule has 13 rings (SSSR count). The van der Waals surface area contributed by atoms with Crippen LogP contribution in [0.3, 0.4) is 0 Å². The first-order valence-corrected chi connectivity index (χ1v) is 20.7. The Balaban J connectivity index is 0.986. The number of hydrogen-bond donors (Lipinski definition) is 0. The van der Waals surface area contributed by atoms with Crippen molar-refractivity contribution >= 4 is 43.5 Å². The molecule has 2 aromatic heterocycles. The molecule has 0 fully saturated rings. The summed E-state index contributed by atoms with van der Waals surface area (Å²) in [5, 5.41) is 15.1. The Kier molecular flexibility index (Phi) is 6.97. The Morgan fingerprint density at radius 2 is 1.11 bits per heavy atom. The number of para-hydroxylation sites is 3. The molecule has 3 heterocycles. The summed E-state index contributed by atoms with van der Waals surface area (Å²) >= 11 is 0. The molecule has 4 heteroatoms. The molecule has 0 saturated heterocycles. The molecule has 1 aliphatic carbocycles. The van der Waals surface area contributed by atoms with E-state index in [1.807, 2.05) is 12.1 Å². The highest BCUT2D eigenvalue weighted by Crippen LogP contribution is 2.62. The van der Waals surface area contributed by atoms with Gasteiger partial charge in [-0.3, -0.25) is 0 Å². The molecule has 0 amide bonds. The number of nitriles is 1. The molecular weight excluding hydrogens is 743 g/mol. The molecule has 0 saturated carbocycles. The average Bonchev–Trinajstić information content (AvgIpc) is 3.81. The smallest absolute Gasteiger partial charge is 0.132 e. The summed E-state index contributed by atoms with van der Waals surface area (Å²) in [6.07, 6.45) is 0. The Morgan fingerprint density at radius 3 is 1.92 bits per heavy atom. The van der Waals surface area contributed by atoms with Crippen LogP contribution in [0.25, 0.3) is 82.7 Å². The van der Waals surface area contributed by atoms with Crippen LogP contribution in [0.2, 0.25) is 0 Å². The summed E-state index contributed by atoms with van der Waals surface area (Å²) in [5.74, 6) is 1.71. The highest BCUT2D eigenvalue weighted by molar-refractivity contribution is 6.13. The normalized spacial score (nSPS) is 13.2. The predicted molar refractivity (Wildman–Crippen MR) is 247 cm³/mol. The lowest BCUT2D eigenvalue weighted by molar-refractivity contribution is 0.437. The first kappa shape index (κ1) is 33.7. The Bertz CT molecular complexity index is 3660. The molecule has 11 aromatic rings. The van der Waals surface area contributed by atoms with Crippen molar-refractivity contribution in [2.45, 2.75) is 5.41 Å². The third-order valence-corrected chi connectivity index (χ3v) is 13.1. The Labute approximate surface area is 351 Å². The molecule has 1 spiro atoms. The van der Waals surface area contributed by atoms with E-state index in [9.17, 15) is 5.26 Å². The lowest BCUT2D eigenvalue weighted by Gasteiger charge is -2.39. The van der Waals surface area contributed by atoms with Crippen LogP contribution in [0.15, 0.2) is 200 Å². The van der Waals surface area contributed by atoms with E-state index < -0.39 is 5.41 Å². The second kappa shape index (κ2) is 12.6. The second-order valence-electron chi connectivity index (χ2n) is 16.1. The van der Waals surface area contributed by atoms with Crippen LogP contribution < -0.4 is 4.74 Å². The number of benzene rings is 9. The maximum atomic E-state index is 9.63. The third-order valence-electron chi connectivity index (χ3n) is 13.1. The number of pyridine rings is 1. The van der Waals surface area contributed by atoms with Gasteiger partial charge < -0.3 is 9.30 Å². The number of fused-ring (bicyclic) bond motifs is 15. The van der Waals surface area contributed by atoms with Gasteiger partial charge in [-0.15, -0.1) is 0 Å². The number of nitrogens with zero attached hydrogens (tertiary/aromatic N) is 3. The van der Waals surface area contributed by atoms with E-state index in [0.29, 0.717) is 5.56 Å². The summed E-state index contributed by atoms with van der Waals surface area (Å²) in [6, 6.07) is 73.6. The largest absolute Gasteiger partial charge is 0.457 e. The number of rotatable bonds is 3. The molecule has 1 aliphatic heterocycles. The molecule has 0 bridgehead atoms. The zero-order valence-electron chi connectivity index (χ0n) is 32.8. The van der Waals surface area contributed by atoms with Crippen molar-refractivity contribution in [1.82, 2.24) is 9.55 Å². The minimum absolute atomic E-state index is 0.555. The van der Waals surface area contributed by atoms with Crippen molar-refractivity contribution in [3.8, 4) is 56.8 Å². The minimum Gasteiger partial charge on any atom is -0.457 e. The van der Waals surface area contributed by atoms with Crippen LogP contribution in [-0.2, 0) is 5.41 Å². The van der Waals surface area contributed by atoms with E-state index in [0.717, 1.165) is 94.2 Å². The van der Waals surface area contributed by atoms with E-state index in [1.54, 1.807) is 0 Å². The molecule has 4 nitrogen and oxygen atoms in total. The molecule has 9 aromatic carbocycles. The molecule has 282 valence electrons. The first-order chi connectivity index (χ1) is 30.2. The van der Waals surface area contributed by atoms with Crippen molar-refractivity contribution < 1.29 is 4.74 Å². The Morgan fingerprint density at radius 1 is 0.443 bits per heavy atom. The molecule has 0 N–H and O–H groups in total. The number of ether oxygens (including phenoxy) is 1. The SMILES string of the molecule is N#Cc1ccc2c(c1)c1ccccc1n2-c1ccc(-c2cccc(-c3nc4ccccc4c4cc5c(cc34)Oc3ccccc3C53c4ccccc4-c4ccccc43)c2)cc1. The molecule has 0 atom stereocenters. The van der Waals surface area contributed by atoms with Crippen molar-refractivity contribution in [2.75, 3.05) is 0 Å². The summed E-state index contributed by atoms with van der Waals surface area (Å²) in [6.45, 7) is 0. The zero-order chi connectivity index (χ0) is 40.2. The fourth-order valence-electron chi connectivity index (χ4n) is 10.5. The van der Waals surface area contributed by atoms with E-state index in [4.69, 9.17) is 9.72 Å². The zero-order valence-corrected chi connectivity index (χ0v) is 32.8. The lowest BCUT2D eigenvalue weighted by atomic mass is 9.65. The van der Waals surface area contributed by atoms with E-state index in [1.165, 1.54) is 22.3 Å². The summed E-state index contributed by atoms with van der Waals surface area (Å²) in [7, 11) is 0. The highest BCUT2D eigenvalue weighted by Gasteiger charge is 2.51. The van der Waals surface area contributed by atoms with Gasteiger partial charge in [0.25, 0.3) is 0 Å². The van der Waals surface area contributed by atoms with Crippen LogP contribution in [0.1, 0.15) is 27.8 Å². The van der Waals surface area contributed by atoms with Gasteiger partial charge in [-0.2, -0.15) is 5.26 Å². The van der Waals surface area contributed by atoms with E-state index in [2.05, 4.69) is 199 Å². The first-order valence-electron chi connectivity index (χ1n) is 20.7. The van der Waals surface area contributed by atoms with Gasteiger partial charge in [-0.1, -0.05) is 133 Å². The monoisotopic (exact) mass is 775 g/mol. The standard InChI is InChI=1S/C57H33N3O/c58-34-35-24-29-53-45(30-35)43-17-4-9-22-52(43)60(53)39-27-25-36(26-28-39)37-12-11-13-38(31-37)56-46-33-55-50(32-44(46)42-16-3-8-21-51(42)59-56)57(49-20-7-10-23-54(49)61-55)47-18-5-1-14-40(47)41-15-2-6-19-48(41)57/h1-33H. The van der Waals surface area contributed by atoms with Crippen molar-refractivity contribution in [3.63, 3.8) is 0 Å². The maximum Gasteiger partial charge on any atom is 0.132 e. The van der Waals surface area contributed by atoms with Crippen molar-refractivity contribution in [2.24, 2.45) is 0 Å².